The summed E-state index contributed by atoms with van der Waals surface area (Å²) in [6.07, 6.45) is -3.41. The molecule has 0 spiro atoms. The van der Waals surface area contributed by atoms with Crippen LogP contribution in [0, 0.1) is 0 Å². The molecule has 5 rings (SSSR count). The molecule has 1 aliphatic heterocycles. The highest BCUT2D eigenvalue weighted by molar-refractivity contribution is 7.89. The number of aromatic nitrogens is 3. The van der Waals surface area contributed by atoms with Gasteiger partial charge >= 0.3 is 11.0 Å². The van der Waals surface area contributed by atoms with Crippen molar-refractivity contribution in [3.8, 4) is 0 Å². The SMILES string of the molecule is CC(CN1CCN(S(=O)(=O)c2ccc3[nH]c(=O)sc3c2)CC1)Nc1ncnc2c(C(F)(F)F)cccc12. The Morgan fingerprint density at radius 3 is 2.62 bits per heavy atom. The fourth-order valence-electron chi connectivity index (χ4n) is 4.49. The highest BCUT2D eigenvalue weighted by Crippen LogP contribution is 2.35. The maximum atomic E-state index is 13.4. The van der Waals surface area contributed by atoms with Crippen LogP contribution in [0.3, 0.4) is 0 Å². The summed E-state index contributed by atoms with van der Waals surface area (Å²) >= 11 is 0.965. The number of thiazole rings is 1. The second kappa shape index (κ2) is 9.67. The Kier molecular flexibility index (Phi) is 6.68. The minimum Gasteiger partial charge on any atom is -0.366 e. The number of hydrogen-bond donors (Lipinski definition) is 2. The number of nitrogens with zero attached hydrogens (tertiary/aromatic N) is 4. The van der Waals surface area contributed by atoms with Crippen LogP contribution in [-0.2, 0) is 16.2 Å². The molecule has 1 unspecified atom stereocenters. The predicted octanol–water partition coefficient (Wildman–Crippen LogP) is 3.36. The van der Waals surface area contributed by atoms with E-state index in [1.807, 2.05) is 6.92 Å². The summed E-state index contributed by atoms with van der Waals surface area (Å²) in [4.78, 5) is 24.2. The lowest BCUT2D eigenvalue weighted by Gasteiger charge is -2.35. The van der Waals surface area contributed by atoms with Crippen LogP contribution in [0.2, 0.25) is 0 Å². The largest absolute Gasteiger partial charge is 0.418 e. The molecule has 14 heteroatoms. The highest BCUT2D eigenvalue weighted by atomic mass is 32.2. The summed E-state index contributed by atoms with van der Waals surface area (Å²) < 4.78 is 68.4. The van der Waals surface area contributed by atoms with Crippen molar-refractivity contribution in [1.82, 2.24) is 24.2 Å². The van der Waals surface area contributed by atoms with Crippen molar-refractivity contribution in [1.29, 1.82) is 0 Å². The van der Waals surface area contributed by atoms with E-state index in [1.165, 1.54) is 22.5 Å². The van der Waals surface area contributed by atoms with Gasteiger partial charge in [0, 0.05) is 44.2 Å². The summed E-state index contributed by atoms with van der Waals surface area (Å²) in [5, 5.41) is 3.46. The molecule has 2 N–H and O–H groups in total. The Balaban J connectivity index is 1.23. The van der Waals surface area contributed by atoms with Crippen molar-refractivity contribution < 1.29 is 21.6 Å². The summed E-state index contributed by atoms with van der Waals surface area (Å²) in [5.74, 6) is 0.312. The molecule has 2 aromatic heterocycles. The van der Waals surface area contributed by atoms with Crippen LogP contribution in [0.25, 0.3) is 21.1 Å². The number of sulfonamides is 1. The Bertz CT molecular complexity index is 1610. The Morgan fingerprint density at radius 2 is 1.89 bits per heavy atom. The molecule has 2 aromatic carbocycles. The van der Waals surface area contributed by atoms with Crippen LogP contribution >= 0.6 is 11.3 Å². The lowest BCUT2D eigenvalue weighted by Crippen LogP contribution is -2.50. The van der Waals surface area contributed by atoms with Crippen molar-refractivity contribution in [3.05, 3.63) is 58.0 Å². The summed E-state index contributed by atoms with van der Waals surface area (Å²) in [6.45, 7) is 4.01. The quantitative estimate of drug-likeness (QED) is 0.377. The van der Waals surface area contributed by atoms with Crippen molar-refractivity contribution in [3.63, 3.8) is 0 Å². The van der Waals surface area contributed by atoms with Crippen LogP contribution in [0.4, 0.5) is 19.0 Å². The fourth-order valence-corrected chi connectivity index (χ4v) is 6.78. The molecule has 1 aliphatic rings. The van der Waals surface area contributed by atoms with E-state index in [-0.39, 0.29) is 26.7 Å². The minimum absolute atomic E-state index is 0.146. The normalized spacial score (nSPS) is 16.9. The first-order valence-electron chi connectivity index (χ1n) is 11.5. The van der Waals surface area contributed by atoms with E-state index in [0.717, 1.165) is 23.7 Å². The molecule has 9 nitrogen and oxygen atoms in total. The maximum Gasteiger partial charge on any atom is 0.418 e. The molecule has 0 saturated carbocycles. The Labute approximate surface area is 214 Å². The standard InChI is InChI=1S/C23H23F3N6O3S2/c1-14(29-21-16-3-2-4-17(23(24,25)26)20(16)27-13-28-21)12-31-7-9-32(10-8-31)37(34,35)15-5-6-18-19(11-15)36-22(33)30-18/h2-6,11,13-14H,7-10,12H2,1H3,(H,30,33)(H,27,28,29). The first-order chi connectivity index (χ1) is 17.5. The number of H-pyrrole nitrogens is 1. The Hall–Kier alpha value is -3.07. The smallest absolute Gasteiger partial charge is 0.366 e. The number of anilines is 1. The number of piperazine rings is 1. The number of alkyl halides is 3. The van der Waals surface area contributed by atoms with Gasteiger partial charge in [0.25, 0.3) is 0 Å². The van der Waals surface area contributed by atoms with E-state index < -0.39 is 21.8 Å². The molecule has 1 atom stereocenters. The zero-order valence-corrected chi connectivity index (χ0v) is 21.3. The zero-order valence-electron chi connectivity index (χ0n) is 19.6. The number of aromatic amines is 1. The average Bonchev–Trinajstić information content (AvgIpc) is 3.23. The molecule has 0 amide bonds. The number of benzene rings is 2. The van der Waals surface area contributed by atoms with Gasteiger partial charge in [0.05, 0.1) is 26.2 Å². The van der Waals surface area contributed by atoms with Crippen molar-refractivity contribution in [2.45, 2.75) is 24.0 Å². The van der Waals surface area contributed by atoms with Crippen LogP contribution in [0.15, 0.2) is 52.4 Å². The lowest BCUT2D eigenvalue weighted by molar-refractivity contribution is -0.136. The van der Waals surface area contributed by atoms with E-state index >= 15 is 0 Å². The molecule has 1 fully saturated rings. The van der Waals surface area contributed by atoms with Gasteiger partial charge in [0.15, 0.2) is 0 Å². The second-order valence-electron chi connectivity index (χ2n) is 8.84. The fraction of sp³-hybridized carbons (Fsp3) is 0.348. The topological polar surface area (TPSA) is 111 Å². The second-order valence-corrected chi connectivity index (χ2v) is 11.8. The van der Waals surface area contributed by atoms with E-state index in [2.05, 4.69) is 25.2 Å². The van der Waals surface area contributed by atoms with Gasteiger partial charge < -0.3 is 10.3 Å². The molecular formula is C23H23F3N6O3S2. The van der Waals surface area contributed by atoms with Crippen molar-refractivity contribution in [2.24, 2.45) is 0 Å². The Morgan fingerprint density at radius 1 is 1.14 bits per heavy atom. The third kappa shape index (κ3) is 5.19. The summed E-state index contributed by atoms with van der Waals surface area (Å²) in [7, 11) is -3.71. The van der Waals surface area contributed by atoms with Gasteiger partial charge in [-0.1, -0.05) is 17.4 Å². The molecule has 1 saturated heterocycles. The van der Waals surface area contributed by atoms with Gasteiger partial charge in [-0.15, -0.1) is 0 Å². The third-order valence-electron chi connectivity index (χ3n) is 6.25. The lowest BCUT2D eigenvalue weighted by atomic mass is 10.1. The van der Waals surface area contributed by atoms with Crippen LogP contribution < -0.4 is 10.2 Å². The van der Waals surface area contributed by atoms with Crippen LogP contribution in [-0.4, -0.2) is 71.3 Å². The number of para-hydroxylation sites is 1. The number of nitrogens with one attached hydrogen (secondary N) is 2. The van der Waals surface area contributed by atoms with E-state index in [4.69, 9.17) is 0 Å². The number of fused-ring (bicyclic) bond motifs is 2. The van der Waals surface area contributed by atoms with Gasteiger partial charge in [-0.2, -0.15) is 17.5 Å². The van der Waals surface area contributed by atoms with Gasteiger partial charge in [0.2, 0.25) is 10.0 Å². The maximum absolute atomic E-state index is 13.4. The minimum atomic E-state index is -4.52. The number of rotatable bonds is 6. The van der Waals surface area contributed by atoms with Gasteiger partial charge in [-0.3, -0.25) is 9.69 Å². The monoisotopic (exact) mass is 552 g/mol. The van der Waals surface area contributed by atoms with Gasteiger partial charge in [0.1, 0.15) is 12.1 Å². The predicted molar refractivity (Wildman–Crippen MR) is 135 cm³/mol. The van der Waals surface area contributed by atoms with E-state index in [1.54, 1.807) is 12.1 Å². The van der Waals surface area contributed by atoms with Crippen LogP contribution in [0.1, 0.15) is 12.5 Å². The van der Waals surface area contributed by atoms with Gasteiger partial charge in [-0.25, -0.2) is 18.4 Å². The molecule has 37 heavy (non-hydrogen) atoms. The molecule has 4 aromatic rings. The van der Waals surface area contributed by atoms with E-state index in [0.29, 0.717) is 48.8 Å². The molecule has 0 bridgehead atoms. The summed E-state index contributed by atoms with van der Waals surface area (Å²) in [5.41, 5.74) is -0.375. The molecule has 0 radical (unpaired) electrons. The van der Waals surface area contributed by atoms with E-state index in [9.17, 15) is 26.4 Å². The van der Waals surface area contributed by atoms with Crippen molar-refractivity contribution in [2.75, 3.05) is 38.0 Å². The van der Waals surface area contributed by atoms with Crippen molar-refractivity contribution >= 4 is 48.3 Å². The first-order valence-corrected chi connectivity index (χ1v) is 13.7. The highest BCUT2D eigenvalue weighted by Gasteiger charge is 2.34. The third-order valence-corrected chi connectivity index (χ3v) is 8.99. The molecule has 0 aliphatic carbocycles. The molecular weight excluding hydrogens is 529 g/mol. The zero-order chi connectivity index (χ0) is 26.4. The number of hydrogen-bond acceptors (Lipinski definition) is 8. The summed E-state index contributed by atoms with van der Waals surface area (Å²) in [6, 6.07) is 8.31. The molecule has 3 heterocycles. The molecule has 196 valence electrons. The number of halogens is 3. The van der Waals surface area contributed by atoms with Crippen LogP contribution in [0.5, 0.6) is 0 Å². The first kappa shape index (κ1) is 25.6. The average molecular weight is 553 g/mol. The van der Waals surface area contributed by atoms with Gasteiger partial charge in [-0.05, 0) is 37.3 Å².